The van der Waals surface area contributed by atoms with Crippen molar-refractivity contribution in [3.8, 4) is 0 Å². The van der Waals surface area contributed by atoms with E-state index in [4.69, 9.17) is 10.8 Å². The fourth-order valence-corrected chi connectivity index (χ4v) is 2.26. The van der Waals surface area contributed by atoms with Crippen LogP contribution in [0.4, 0.5) is 0 Å². The summed E-state index contributed by atoms with van der Waals surface area (Å²) in [4.78, 5) is 4.72. The molecule has 1 aliphatic carbocycles. The second kappa shape index (κ2) is 5.53. The Bertz CT molecular complexity index is 245. The van der Waals surface area contributed by atoms with E-state index in [9.17, 15) is 0 Å². The first kappa shape index (κ1) is 13.3. The largest absolute Gasteiger partial charge is 0.353 e. The minimum absolute atomic E-state index is 0.291. The number of rotatable bonds is 2. The SMILES string of the molecule is CC(C)NC(=NC1CCCCC1(C)C)NN. The summed E-state index contributed by atoms with van der Waals surface area (Å²) in [5.41, 5.74) is 2.95. The van der Waals surface area contributed by atoms with Crippen LogP contribution in [0.5, 0.6) is 0 Å². The molecule has 1 rings (SSSR count). The molecular weight excluding hydrogens is 200 g/mol. The Morgan fingerprint density at radius 2 is 2.06 bits per heavy atom. The van der Waals surface area contributed by atoms with Crippen molar-refractivity contribution < 1.29 is 0 Å². The quantitative estimate of drug-likeness (QED) is 0.291. The van der Waals surface area contributed by atoms with Gasteiger partial charge in [0.25, 0.3) is 0 Å². The van der Waals surface area contributed by atoms with Gasteiger partial charge in [-0.25, -0.2) is 10.8 Å². The van der Waals surface area contributed by atoms with Gasteiger partial charge in [0.1, 0.15) is 0 Å². The van der Waals surface area contributed by atoms with Crippen LogP contribution in [0, 0.1) is 5.41 Å². The number of guanidine groups is 1. The molecule has 0 bridgehead atoms. The van der Waals surface area contributed by atoms with Crippen LogP contribution < -0.4 is 16.6 Å². The van der Waals surface area contributed by atoms with Crippen molar-refractivity contribution in [2.24, 2.45) is 16.3 Å². The number of aliphatic imine (C=N–C) groups is 1. The van der Waals surface area contributed by atoms with E-state index < -0.39 is 0 Å². The predicted molar refractivity (Wildman–Crippen MR) is 69.1 cm³/mol. The first-order valence-corrected chi connectivity index (χ1v) is 6.26. The van der Waals surface area contributed by atoms with Gasteiger partial charge in [-0.1, -0.05) is 26.7 Å². The van der Waals surface area contributed by atoms with Gasteiger partial charge in [0.2, 0.25) is 5.96 Å². The maximum atomic E-state index is 5.48. The Balaban J connectivity index is 2.70. The molecular formula is C12H26N4. The van der Waals surface area contributed by atoms with Gasteiger partial charge in [0, 0.05) is 6.04 Å². The second-order valence-corrected chi connectivity index (χ2v) is 5.67. The summed E-state index contributed by atoms with van der Waals surface area (Å²) in [7, 11) is 0. The molecule has 16 heavy (non-hydrogen) atoms. The number of hydrogen-bond donors (Lipinski definition) is 3. The molecule has 0 aromatic heterocycles. The van der Waals surface area contributed by atoms with Crippen LogP contribution in [0.15, 0.2) is 4.99 Å². The third kappa shape index (κ3) is 3.67. The lowest BCUT2D eigenvalue weighted by atomic mass is 9.73. The lowest BCUT2D eigenvalue weighted by Gasteiger charge is -2.36. The highest BCUT2D eigenvalue weighted by Gasteiger charge is 2.32. The van der Waals surface area contributed by atoms with E-state index in [-0.39, 0.29) is 0 Å². The van der Waals surface area contributed by atoms with Gasteiger partial charge in [0.15, 0.2) is 0 Å². The standard InChI is InChI=1S/C12H26N4/c1-9(2)14-11(16-13)15-10-7-5-6-8-12(10,3)4/h9-10H,5-8,13H2,1-4H3,(H2,14,15,16). The van der Waals surface area contributed by atoms with Crippen molar-refractivity contribution >= 4 is 5.96 Å². The molecule has 4 nitrogen and oxygen atoms in total. The molecule has 0 aromatic carbocycles. The van der Waals surface area contributed by atoms with Crippen molar-refractivity contribution in [3.05, 3.63) is 0 Å². The topological polar surface area (TPSA) is 62.4 Å². The van der Waals surface area contributed by atoms with Gasteiger partial charge >= 0.3 is 0 Å². The molecule has 0 radical (unpaired) electrons. The molecule has 1 unspecified atom stereocenters. The van der Waals surface area contributed by atoms with Crippen LogP contribution in [0.1, 0.15) is 53.4 Å². The maximum Gasteiger partial charge on any atom is 0.206 e. The smallest absolute Gasteiger partial charge is 0.206 e. The fraction of sp³-hybridized carbons (Fsp3) is 0.917. The fourth-order valence-electron chi connectivity index (χ4n) is 2.26. The molecule has 0 spiro atoms. The molecule has 0 heterocycles. The number of nitrogens with one attached hydrogen (secondary N) is 2. The van der Waals surface area contributed by atoms with Gasteiger partial charge in [0.05, 0.1) is 6.04 Å². The number of hydrogen-bond acceptors (Lipinski definition) is 2. The Kier molecular flexibility index (Phi) is 4.59. The van der Waals surface area contributed by atoms with Crippen molar-refractivity contribution in [2.75, 3.05) is 0 Å². The van der Waals surface area contributed by atoms with Crippen LogP contribution in [-0.2, 0) is 0 Å². The second-order valence-electron chi connectivity index (χ2n) is 5.67. The third-order valence-electron chi connectivity index (χ3n) is 3.30. The monoisotopic (exact) mass is 226 g/mol. The predicted octanol–water partition coefficient (Wildman–Crippen LogP) is 1.77. The van der Waals surface area contributed by atoms with Crippen LogP contribution in [0.3, 0.4) is 0 Å². The molecule has 1 atom stereocenters. The zero-order valence-electron chi connectivity index (χ0n) is 11.0. The summed E-state index contributed by atoms with van der Waals surface area (Å²) < 4.78 is 0. The van der Waals surface area contributed by atoms with Gasteiger partial charge in [-0.15, -0.1) is 0 Å². The zero-order chi connectivity index (χ0) is 12.2. The maximum absolute atomic E-state index is 5.48. The molecule has 1 aliphatic rings. The average molecular weight is 226 g/mol. The van der Waals surface area contributed by atoms with E-state index in [0.29, 0.717) is 17.5 Å². The highest BCUT2D eigenvalue weighted by atomic mass is 15.3. The van der Waals surface area contributed by atoms with E-state index in [1.54, 1.807) is 0 Å². The Morgan fingerprint density at radius 3 is 2.56 bits per heavy atom. The Morgan fingerprint density at radius 1 is 1.38 bits per heavy atom. The molecule has 1 fully saturated rings. The van der Waals surface area contributed by atoms with Gasteiger partial charge in [-0.2, -0.15) is 0 Å². The highest BCUT2D eigenvalue weighted by Crippen LogP contribution is 2.37. The van der Waals surface area contributed by atoms with Crippen LogP contribution in [-0.4, -0.2) is 18.0 Å². The van der Waals surface area contributed by atoms with Crippen LogP contribution in [0.25, 0.3) is 0 Å². The van der Waals surface area contributed by atoms with Gasteiger partial charge < -0.3 is 5.32 Å². The lowest BCUT2D eigenvalue weighted by Crippen LogP contribution is -2.46. The molecule has 4 heteroatoms. The number of nitrogens with two attached hydrogens (primary N) is 1. The zero-order valence-corrected chi connectivity index (χ0v) is 11.0. The van der Waals surface area contributed by atoms with Crippen molar-refractivity contribution in [1.82, 2.24) is 10.7 Å². The Hall–Kier alpha value is -0.770. The summed E-state index contributed by atoms with van der Waals surface area (Å²) >= 11 is 0. The van der Waals surface area contributed by atoms with E-state index in [1.807, 2.05) is 0 Å². The minimum Gasteiger partial charge on any atom is -0.353 e. The van der Waals surface area contributed by atoms with E-state index in [1.165, 1.54) is 19.3 Å². The first-order valence-electron chi connectivity index (χ1n) is 6.26. The molecule has 0 amide bonds. The van der Waals surface area contributed by atoms with Crippen molar-refractivity contribution in [2.45, 2.75) is 65.5 Å². The van der Waals surface area contributed by atoms with Gasteiger partial charge in [-0.3, -0.25) is 5.43 Å². The van der Waals surface area contributed by atoms with E-state index in [2.05, 4.69) is 38.4 Å². The Labute approximate surface area is 99.1 Å². The van der Waals surface area contributed by atoms with E-state index in [0.717, 1.165) is 12.4 Å². The van der Waals surface area contributed by atoms with Crippen molar-refractivity contribution in [1.29, 1.82) is 0 Å². The summed E-state index contributed by atoms with van der Waals surface area (Å²) in [6, 6.07) is 0.722. The van der Waals surface area contributed by atoms with Crippen LogP contribution >= 0.6 is 0 Å². The summed E-state index contributed by atoms with van der Waals surface area (Å²) in [5, 5.41) is 3.23. The summed E-state index contributed by atoms with van der Waals surface area (Å²) in [6.45, 7) is 8.76. The summed E-state index contributed by atoms with van der Waals surface area (Å²) in [5.74, 6) is 6.20. The van der Waals surface area contributed by atoms with Gasteiger partial charge in [-0.05, 0) is 32.1 Å². The van der Waals surface area contributed by atoms with Crippen molar-refractivity contribution in [3.63, 3.8) is 0 Å². The first-order chi connectivity index (χ1) is 7.45. The minimum atomic E-state index is 0.291. The highest BCUT2D eigenvalue weighted by molar-refractivity contribution is 5.79. The molecule has 1 saturated carbocycles. The summed E-state index contributed by atoms with van der Waals surface area (Å²) in [6.07, 6.45) is 5.01. The molecule has 4 N–H and O–H groups in total. The molecule has 0 aliphatic heterocycles. The lowest BCUT2D eigenvalue weighted by molar-refractivity contribution is 0.203. The van der Waals surface area contributed by atoms with Crippen LogP contribution in [0.2, 0.25) is 0 Å². The number of hydrazine groups is 1. The number of nitrogens with zero attached hydrogens (tertiary/aromatic N) is 1. The van der Waals surface area contributed by atoms with E-state index >= 15 is 0 Å². The third-order valence-corrected chi connectivity index (χ3v) is 3.30. The average Bonchev–Trinajstić information content (AvgIpc) is 2.19. The normalized spacial score (nSPS) is 25.6. The molecule has 0 aromatic rings. The molecule has 94 valence electrons. The molecule has 0 saturated heterocycles.